The lowest BCUT2D eigenvalue weighted by molar-refractivity contribution is 0.224. The van der Waals surface area contributed by atoms with E-state index in [0.29, 0.717) is 11.7 Å². The Balaban J connectivity index is 1.14. The van der Waals surface area contributed by atoms with Crippen molar-refractivity contribution in [1.29, 1.82) is 0 Å². The predicted octanol–water partition coefficient (Wildman–Crippen LogP) is 4.68. The Morgan fingerprint density at radius 1 is 1.03 bits per heavy atom. The number of likely N-dealkylation sites (N-methyl/N-ethyl adjacent to an activating group) is 1. The summed E-state index contributed by atoms with van der Waals surface area (Å²) in [5.74, 6) is 2.00. The van der Waals surface area contributed by atoms with Crippen LogP contribution < -0.4 is 5.32 Å². The molecule has 0 unspecified atom stereocenters. The number of anilines is 2. The van der Waals surface area contributed by atoms with Crippen molar-refractivity contribution in [3.8, 4) is 22.6 Å². The summed E-state index contributed by atoms with van der Waals surface area (Å²) in [5.41, 5.74) is 7.87. The third kappa shape index (κ3) is 3.67. The number of rotatable bonds is 6. The van der Waals surface area contributed by atoms with Gasteiger partial charge in [-0.15, -0.1) is 5.10 Å². The quantitative estimate of drug-likeness (QED) is 0.367. The van der Waals surface area contributed by atoms with E-state index in [4.69, 9.17) is 15.2 Å². The minimum Gasteiger partial charge on any atom is -0.324 e. The molecule has 3 aromatic heterocycles. The topological polar surface area (TPSA) is 92.5 Å². The number of aromatic amines is 1. The highest BCUT2D eigenvalue weighted by Gasteiger charge is 2.29. The van der Waals surface area contributed by atoms with Gasteiger partial charge in [0.1, 0.15) is 0 Å². The van der Waals surface area contributed by atoms with E-state index < -0.39 is 0 Å². The molecule has 2 N–H and O–H groups in total. The van der Waals surface area contributed by atoms with Gasteiger partial charge in [0.15, 0.2) is 5.82 Å². The van der Waals surface area contributed by atoms with E-state index >= 15 is 0 Å². The molecular formula is C27H29N9. The van der Waals surface area contributed by atoms with Crippen molar-refractivity contribution in [2.75, 3.05) is 18.4 Å². The number of nitrogens with one attached hydrogen (secondary N) is 2. The Labute approximate surface area is 209 Å². The summed E-state index contributed by atoms with van der Waals surface area (Å²) >= 11 is 0. The third-order valence-electron chi connectivity index (χ3n) is 7.42. The number of H-pyrrole nitrogens is 1. The Morgan fingerprint density at radius 2 is 1.86 bits per heavy atom. The van der Waals surface area contributed by atoms with Gasteiger partial charge in [0.05, 0.1) is 29.6 Å². The van der Waals surface area contributed by atoms with Gasteiger partial charge in [-0.2, -0.15) is 15.2 Å². The molecule has 182 valence electrons. The van der Waals surface area contributed by atoms with E-state index in [-0.39, 0.29) is 0 Å². The van der Waals surface area contributed by atoms with Gasteiger partial charge in [0.2, 0.25) is 5.95 Å². The van der Waals surface area contributed by atoms with Crippen molar-refractivity contribution in [2.45, 2.75) is 38.8 Å². The molecule has 1 aliphatic carbocycles. The van der Waals surface area contributed by atoms with Crippen LogP contribution in [0, 0.1) is 0 Å². The molecule has 36 heavy (non-hydrogen) atoms. The maximum Gasteiger partial charge on any atom is 0.225 e. The van der Waals surface area contributed by atoms with Gasteiger partial charge in [-0.1, -0.05) is 31.2 Å². The molecule has 2 aliphatic rings. The number of aromatic nitrogens is 7. The smallest absolute Gasteiger partial charge is 0.225 e. The first-order valence-corrected chi connectivity index (χ1v) is 12.7. The molecule has 0 bridgehead atoms. The van der Waals surface area contributed by atoms with Crippen LogP contribution in [0.3, 0.4) is 0 Å². The summed E-state index contributed by atoms with van der Waals surface area (Å²) in [5, 5.41) is 21.6. The molecule has 5 aromatic rings. The van der Waals surface area contributed by atoms with Gasteiger partial charge < -0.3 is 5.32 Å². The Morgan fingerprint density at radius 3 is 2.67 bits per heavy atom. The fourth-order valence-corrected chi connectivity index (χ4v) is 5.22. The normalized spacial score (nSPS) is 15.9. The standard InChI is InChI=1S/C27H29N9/c1-3-35-12-13-36-20(16-35)14-24(32-36)17-4-8-19(9-5-17)26-30-27(34(2)33-26)29-23-11-10-22-21(15-28-31-22)25(23)18-6-7-18/h4-5,8-11,14-15,18H,3,6-7,12-13,16H2,1-2H3,(H,28,31)(H,29,30,33). The molecule has 0 amide bonds. The number of aryl methyl sites for hydroxylation is 1. The van der Waals surface area contributed by atoms with Crippen LogP contribution in [-0.2, 0) is 20.1 Å². The lowest BCUT2D eigenvalue weighted by Gasteiger charge is -2.25. The minimum atomic E-state index is 0.577. The molecule has 4 heterocycles. The van der Waals surface area contributed by atoms with Crippen LogP contribution in [0.15, 0.2) is 48.7 Å². The van der Waals surface area contributed by atoms with E-state index in [1.165, 1.54) is 29.5 Å². The maximum atomic E-state index is 4.84. The van der Waals surface area contributed by atoms with E-state index in [0.717, 1.165) is 60.2 Å². The van der Waals surface area contributed by atoms with Gasteiger partial charge in [0, 0.05) is 42.3 Å². The van der Waals surface area contributed by atoms with Crippen LogP contribution in [0.2, 0.25) is 0 Å². The van der Waals surface area contributed by atoms with Crippen LogP contribution in [0.4, 0.5) is 11.6 Å². The van der Waals surface area contributed by atoms with Crippen molar-refractivity contribution < 1.29 is 0 Å². The van der Waals surface area contributed by atoms with E-state index in [2.05, 4.69) is 74.5 Å². The molecule has 9 nitrogen and oxygen atoms in total. The zero-order valence-electron chi connectivity index (χ0n) is 20.6. The summed E-state index contributed by atoms with van der Waals surface area (Å²) in [6.45, 7) is 6.25. The molecule has 1 saturated carbocycles. The monoisotopic (exact) mass is 479 g/mol. The second kappa shape index (κ2) is 8.30. The van der Waals surface area contributed by atoms with Crippen molar-refractivity contribution in [2.24, 2.45) is 7.05 Å². The zero-order valence-corrected chi connectivity index (χ0v) is 20.6. The number of benzene rings is 2. The van der Waals surface area contributed by atoms with Crippen LogP contribution in [0.25, 0.3) is 33.5 Å². The van der Waals surface area contributed by atoms with Crippen LogP contribution in [0.5, 0.6) is 0 Å². The van der Waals surface area contributed by atoms with Crippen molar-refractivity contribution in [3.05, 3.63) is 59.9 Å². The molecule has 0 atom stereocenters. The molecule has 9 heteroatoms. The van der Waals surface area contributed by atoms with Gasteiger partial charge >= 0.3 is 0 Å². The Hall–Kier alpha value is -3.98. The van der Waals surface area contributed by atoms with E-state index in [1.54, 1.807) is 0 Å². The van der Waals surface area contributed by atoms with Gasteiger partial charge in [-0.25, -0.2) is 4.68 Å². The lowest BCUT2D eigenvalue weighted by Crippen LogP contribution is -2.33. The molecule has 2 aromatic carbocycles. The second-order valence-corrected chi connectivity index (χ2v) is 9.83. The highest BCUT2D eigenvalue weighted by molar-refractivity contribution is 5.89. The van der Waals surface area contributed by atoms with Gasteiger partial charge in [-0.3, -0.25) is 14.7 Å². The summed E-state index contributed by atoms with van der Waals surface area (Å²) in [6, 6.07) is 14.8. The fourth-order valence-electron chi connectivity index (χ4n) is 5.22. The van der Waals surface area contributed by atoms with Crippen LogP contribution in [-0.4, -0.2) is 52.7 Å². The van der Waals surface area contributed by atoms with E-state index in [1.807, 2.05) is 17.9 Å². The second-order valence-electron chi connectivity index (χ2n) is 9.83. The summed E-state index contributed by atoms with van der Waals surface area (Å²) in [6.07, 6.45) is 4.35. The fraction of sp³-hybridized carbons (Fsp3) is 0.333. The molecule has 0 saturated heterocycles. The highest BCUT2D eigenvalue weighted by atomic mass is 15.4. The first-order chi connectivity index (χ1) is 17.7. The average molecular weight is 480 g/mol. The predicted molar refractivity (Wildman–Crippen MR) is 140 cm³/mol. The minimum absolute atomic E-state index is 0.577. The molecular weight excluding hydrogens is 450 g/mol. The molecule has 0 radical (unpaired) electrons. The average Bonchev–Trinajstić information content (AvgIpc) is 3.30. The molecule has 7 rings (SSSR count). The lowest BCUT2D eigenvalue weighted by atomic mass is 10.0. The summed E-state index contributed by atoms with van der Waals surface area (Å²) in [4.78, 5) is 7.28. The molecule has 1 fully saturated rings. The first-order valence-electron chi connectivity index (χ1n) is 12.7. The maximum absolute atomic E-state index is 4.84. The number of hydrogen-bond acceptors (Lipinski definition) is 6. The van der Waals surface area contributed by atoms with Crippen molar-refractivity contribution in [3.63, 3.8) is 0 Å². The Bertz CT molecular complexity index is 1550. The van der Waals surface area contributed by atoms with E-state index in [9.17, 15) is 0 Å². The summed E-state index contributed by atoms with van der Waals surface area (Å²) < 4.78 is 3.95. The highest BCUT2D eigenvalue weighted by Crippen LogP contribution is 2.47. The third-order valence-corrected chi connectivity index (χ3v) is 7.42. The SMILES string of the molecule is CCN1CCn2nc(-c3ccc(-c4nc(Nc5ccc6[nH]ncc6c5C5CC5)n(C)n4)cc3)cc2C1. The number of nitrogens with zero attached hydrogens (tertiary/aromatic N) is 7. The number of hydrogen-bond donors (Lipinski definition) is 2. The molecule has 0 spiro atoms. The van der Waals surface area contributed by atoms with Gasteiger partial charge in [-0.05, 0) is 49.1 Å². The van der Waals surface area contributed by atoms with Crippen molar-refractivity contribution in [1.82, 2.24) is 39.6 Å². The largest absolute Gasteiger partial charge is 0.324 e. The molecule has 1 aliphatic heterocycles. The van der Waals surface area contributed by atoms with Gasteiger partial charge in [0.25, 0.3) is 0 Å². The first kappa shape index (κ1) is 21.3. The Kier molecular flexibility index (Phi) is 4.92. The summed E-state index contributed by atoms with van der Waals surface area (Å²) in [7, 11) is 1.93. The van der Waals surface area contributed by atoms with Crippen LogP contribution in [0.1, 0.15) is 36.9 Å². The van der Waals surface area contributed by atoms with Crippen molar-refractivity contribution >= 4 is 22.5 Å². The number of fused-ring (bicyclic) bond motifs is 2. The zero-order chi connectivity index (χ0) is 24.2. The van der Waals surface area contributed by atoms with Crippen LogP contribution >= 0.6 is 0 Å².